The SMILES string of the molecule is CCN(/C=C/c1nnnn1-c1ccc(C)cc1)CC. The van der Waals surface area contributed by atoms with Gasteiger partial charge in [0.1, 0.15) is 0 Å². The maximum Gasteiger partial charge on any atom is 0.181 e. The molecule has 1 aromatic carbocycles. The zero-order valence-electron chi connectivity index (χ0n) is 11.6. The molecule has 5 nitrogen and oxygen atoms in total. The van der Waals surface area contributed by atoms with E-state index in [0.29, 0.717) is 0 Å². The van der Waals surface area contributed by atoms with Crippen LogP contribution in [0.5, 0.6) is 0 Å². The monoisotopic (exact) mass is 257 g/mol. The number of nitrogens with zero attached hydrogens (tertiary/aromatic N) is 5. The Morgan fingerprint density at radius 3 is 2.47 bits per heavy atom. The number of hydrogen-bond donors (Lipinski definition) is 0. The molecule has 0 radical (unpaired) electrons. The predicted molar refractivity (Wildman–Crippen MR) is 75.8 cm³/mol. The first kappa shape index (κ1) is 13.3. The summed E-state index contributed by atoms with van der Waals surface area (Å²) < 4.78 is 1.74. The van der Waals surface area contributed by atoms with Crippen molar-refractivity contribution in [1.82, 2.24) is 25.1 Å². The second kappa shape index (κ2) is 6.13. The molecule has 0 saturated heterocycles. The van der Waals surface area contributed by atoms with Crippen molar-refractivity contribution in [2.24, 2.45) is 0 Å². The maximum atomic E-state index is 4.04. The number of rotatable bonds is 5. The largest absolute Gasteiger partial charge is 0.378 e. The van der Waals surface area contributed by atoms with Crippen molar-refractivity contribution >= 4 is 6.08 Å². The Kier molecular flexibility index (Phi) is 4.28. The Balaban J connectivity index is 2.25. The lowest BCUT2D eigenvalue weighted by atomic mass is 10.2. The van der Waals surface area contributed by atoms with E-state index in [1.165, 1.54) is 5.56 Å². The summed E-state index contributed by atoms with van der Waals surface area (Å²) in [6, 6.07) is 8.13. The van der Waals surface area contributed by atoms with Gasteiger partial charge in [-0.05, 0) is 43.3 Å². The van der Waals surface area contributed by atoms with Crippen LogP contribution in [-0.4, -0.2) is 38.2 Å². The van der Waals surface area contributed by atoms with Gasteiger partial charge in [0, 0.05) is 25.4 Å². The van der Waals surface area contributed by atoms with Crippen LogP contribution in [0.3, 0.4) is 0 Å². The Labute approximate surface area is 113 Å². The van der Waals surface area contributed by atoms with E-state index in [1.54, 1.807) is 4.68 Å². The molecule has 5 heteroatoms. The van der Waals surface area contributed by atoms with Crippen molar-refractivity contribution < 1.29 is 0 Å². The van der Waals surface area contributed by atoms with Crippen LogP contribution >= 0.6 is 0 Å². The van der Waals surface area contributed by atoms with E-state index in [9.17, 15) is 0 Å². The van der Waals surface area contributed by atoms with E-state index in [1.807, 2.05) is 24.4 Å². The van der Waals surface area contributed by atoms with E-state index in [-0.39, 0.29) is 0 Å². The van der Waals surface area contributed by atoms with E-state index < -0.39 is 0 Å². The highest BCUT2D eigenvalue weighted by molar-refractivity contribution is 5.44. The van der Waals surface area contributed by atoms with Crippen molar-refractivity contribution in [2.45, 2.75) is 20.8 Å². The quantitative estimate of drug-likeness (QED) is 0.824. The maximum absolute atomic E-state index is 4.04. The summed E-state index contributed by atoms with van der Waals surface area (Å²) >= 11 is 0. The molecule has 0 unspecified atom stereocenters. The fourth-order valence-electron chi connectivity index (χ4n) is 1.77. The minimum atomic E-state index is 0.732. The lowest BCUT2D eigenvalue weighted by Crippen LogP contribution is -2.15. The molecule has 2 rings (SSSR count). The van der Waals surface area contributed by atoms with Crippen LogP contribution < -0.4 is 0 Å². The number of aryl methyl sites for hydroxylation is 1. The fourth-order valence-corrected chi connectivity index (χ4v) is 1.77. The Morgan fingerprint density at radius 1 is 1.16 bits per heavy atom. The van der Waals surface area contributed by atoms with Gasteiger partial charge in [0.15, 0.2) is 5.82 Å². The number of benzene rings is 1. The first-order valence-corrected chi connectivity index (χ1v) is 6.52. The van der Waals surface area contributed by atoms with Crippen molar-refractivity contribution in [3.05, 3.63) is 41.9 Å². The number of tetrazole rings is 1. The third kappa shape index (κ3) is 3.19. The van der Waals surface area contributed by atoms with Gasteiger partial charge in [0.05, 0.1) is 5.69 Å². The van der Waals surface area contributed by atoms with Gasteiger partial charge in [-0.25, -0.2) is 0 Å². The van der Waals surface area contributed by atoms with Crippen LogP contribution in [0, 0.1) is 6.92 Å². The Bertz CT molecular complexity index is 537. The van der Waals surface area contributed by atoms with Crippen LogP contribution in [0.2, 0.25) is 0 Å². The molecule has 0 saturated carbocycles. The van der Waals surface area contributed by atoms with Crippen LogP contribution in [-0.2, 0) is 0 Å². The van der Waals surface area contributed by atoms with Crippen molar-refractivity contribution in [3.63, 3.8) is 0 Å². The summed E-state index contributed by atoms with van der Waals surface area (Å²) in [5.41, 5.74) is 2.19. The lowest BCUT2D eigenvalue weighted by Gasteiger charge is -2.14. The summed E-state index contributed by atoms with van der Waals surface area (Å²) in [5.74, 6) is 0.732. The highest BCUT2D eigenvalue weighted by Crippen LogP contribution is 2.10. The van der Waals surface area contributed by atoms with Gasteiger partial charge in [-0.1, -0.05) is 17.7 Å². The second-order valence-electron chi connectivity index (χ2n) is 4.32. The van der Waals surface area contributed by atoms with Gasteiger partial charge in [-0.15, -0.1) is 5.10 Å². The van der Waals surface area contributed by atoms with Gasteiger partial charge in [0.25, 0.3) is 0 Å². The van der Waals surface area contributed by atoms with Gasteiger partial charge in [0.2, 0.25) is 0 Å². The summed E-state index contributed by atoms with van der Waals surface area (Å²) in [4.78, 5) is 2.19. The van der Waals surface area contributed by atoms with Crippen LogP contribution in [0.25, 0.3) is 11.8 Å². The van der Waals surface area contributed by atoms with Crippen molar-refractivity contribution in [2.75, 3.05) is 13.1 Å². The zero-order chi connectivity index (χ0) is 13.7. The number of hydrogen-bond acceptors (Lipinski definition) is 4. The third-order valence-corrected chi connectivity index (χ3v) is 3.02. The Hall–Kier alpha value is -2.17. The molecule has 0 fully saturated rings. The highest BCUT2D eigenvalue weighted by Gasteiger charge is 2.05. The minimum Gasteiger partial charge on any atom is -0.378 e. The topological polar surface area (TPSA) is 46.8 Å². The standard InChI is InChI=1S/C14H19N5/c1-4-18(5-2)11-10-14-15-16-17-19(14)13-8-6-12(3)7-9-13/h6-11H,4-5H2,1-3H3/b11-10+. The average Bonchev–Trinajstić information content (AvgIpc) is 2.89. The first-order valence-electron chi connectivity index (χ1n) is 6.52. The van der Waals surface area contributed by atoms with Gasteiger partial charge < -0.3 is 4.90 Å². The molecule has 0 aliphatic heterocycles. The molecule has 0 N–H and O–H groups in total. The lowest BCUT2D eigenvalue weighted by molar-refractivity contribution is 0.421. The molecular weight excluding hydrogens is 238 g/mol. The average molecular weight is 257 g/mol. The summed E-state index contributed by atoms with van der Waals surface area (Å²) in [6.45, 7) is 8.25. The Morgan fingerprint density at radius 2 is 1.84 bits per heavy atom. The van der Waals surface area contributed by atoms with Crippen molar-refractivity contribution in [1.29, 1.82) is 0 Å². The van der Waals surface area contributed by atoms with Gasteiger partial charge in [-0.2, -0.15) is 4.68 Å². The summed E-state index contributed by atoms with van der Waals surface area (Å²) in [7, 11) is 0. The van der Waals surface area contributed by atoms with Crippen molar-refractivity contribution in [3.8, 4) is 5.69 Å². The van der Waals surface area contributed by atoms with Gasteiger partial charge in [-0.3, -0.25) is 0 Å². The minimum absolute atomic E-state index is 0.732. The fraction of sp³-hybridized carbons (Fsp3) is 0.357. The summed E-state index contributed by atoms with van der Waals surface area (Å²) in [5, 5.41) is 11.8. The summed E-state index contributed by atoms with van der Waals surface area (Å²) in [6.07, 6.45) is 3.96. The smallest absolute Gasteiger partial charge is 0.181 e. The molecular formula is C14H19N5. The first-order chi connectivity index (χ1) is 9.24. The number of aromatic nitrogens is 4. The van der Waals surface area contributed by atoms with Crippen LogP contribution in [0.15, 0.2) is 30.5 Å². The zero-order valence-corrected chi connectivity index (χ0v) is 11.6. The molecule has 0 atom stereocenters. The molecule has 1 heterocycles. The van der Waals surface area contributed by atoms with E-state index in [4.69, 9.17) is 0 Å². The third-order valence-electron chi connectivity index (χ3n) is 3.02. The van der Waals surface area contributed by atoms with Crippen LogP contribution in [0.4, 0.5) is 0 Å². The molecule has 0 amide bonds. The van der Waals surface area contributed by atoms with Gasteiger partial charge >= 0.3 is 0 Å². The molecule has 0 aliphatic carbocycles. The highest BCUT2D eigenvalue weighted by atomic mass is 15.5. The normalized spacial score (nSPS) is 11.1. The van der Waals surface area contributed by atoms with E-state index in [2.05, 4.69) is 53.3 Å². The second-order valence-corrected chi connectivity index (χ2v) is 4.32. The molecule has 0 aliphatic rings. The molecule has 19 heavy (non-hydrogen) atoms. The van der Waals surface area contributed by atoms with E-state index in [0.717, 1.165) is 24.6 Å². The molecule has 2 aromatic rings. The van der Waals surface area contributed by atoms with Crippen LogP contribution in [0.1, 0.15) is 25.2 Å². The molecule has 0 spiro atoms. The predicted octanol–water partition coefficient (Wildman–Crippen LogP) is 2.28. The molecule has 100 valence electrons. The molecule has 1 aromatic heterocycles. The molecule has 0 bridgehead atoms. The van der Waals surface area contributed by atoms with E-state index >= 15 is 0 Å².